The van der Waals surface area contributed by atoms with Gasteiger partial charge < -0.3 is 0 Å². The van der Waals surface area contributed by atoms with Crippen LogP contribution in [0.5, 0.6) is 0 Å². The van der Waals surface area contributed by atoms with Gasteiger partial charge in [-0.1, -0.05) is 0 Å². The Morgan fingerprint density at radius 2 is 2.13 bits per heavy atom. The van der Waals surface area contributed by atoms with Gasteiger partial charge in [0.25, 0.3) is 0 Å². The predicted molar refractivity (Wildman–Crippen MR) is 60.0 cm³/mol. The zero-order valence-electron chi connectivity index (χ0n) is 8.78. The van der Waals surface area contributed by atoms with Crippen LogP contribution in [0.25, 0.3) is 6.08 Å². The third-order valence-electron chi connectivity index (χ3n) is 1.79. The van der Waals surface area contributed by atoms with Crippen LogP contribution < -0.4 is 0 Å². The van der Waals surface area contributed by atoms with Crippen molar-refractivity contribution >= 4 is 10.2 Å². The van der Waals surface area contributed by atoms with Gasteiger partial charge in [-0.25, -0.2) is 0 Å². The fourth-order valence-electron chi connectivity index (χ4n) is 1.11. The molecule has 0 radical (unpaired) electrons. The van der Waals surface area contributed by atoms with Crippen molar-refractivity contribution in [2.75, 3.05) is 7.11 Å². The van der Waals surface area contributed by atoms with Crippen LogP contribution in [0.3, 0.4) is 0 Å². The number of rotatable bonds is 2. The number of hydrogen-bond donors (Lipinski definition) is 0. The van der Waals surface area contributed by atoms with Crippen LogP contribution in [0.15, 0.2) is 30.3 Å². The van der Waals surface area contributed by atoms with Crippen LogP contribution in [-0.2, 0) is 24.1 Å². The molecule has 0 unspecified atom stereocenters. The van der Waals surface area contributed by atoms with E-state index < -0.39 is 0 Å². The van der Waals surface area contributed by atoms with Gasteiger partial charge >= 0.3 is 102 Å². The van der Waals surface area contributed by atoms with Crippen molar-refractivity contribution in [3.8, 4) is 11.8 Å². The summed E-state index contributed by atoms with van der Waals surface area (Å²) in [5.41, 5.74) is 2.18. The van der Waals surface area contributed by atoms with Gasteiger partial charge in [0.1, 0.15) is 0 Å². The average Bonchev–Trinajstić information content (AvgIpc) is 2.28. The Hall–Kier alpha value is -0.962. The van der Waals surface area contributed by atoms with Gasteiger partial charge in [-0.2, -0.15) is 0 Å². The molecule has 1 aromatic rings. The summed E-state index contributed by atoms with van der Waals surface area (Å²) < 4.78 is 5.84. The van der Waals surface area contributed by atoms with Crippen molar-refractivity contribution in [1.29, 1.82) is 0 Å². The zero-order chi connectivity index (χ0) is 11.1. The van der Waals surface area contributed by atoms with E-state index in [1.165, 1.54) is 19.4 Å². The van der Waals surface area contributed by atoms with E-state index in [4.69, 9.17) is 4.74 Å². The van der Waals surface area contributed by atoms with Crippen LogP contribution in [0.1, 0.15) is 18.1 Å². The third kappa shape index (κ3) is 3.96. The molecular formula is C13H12OW. The Morgan fingerprint density at radius 1 is 1.40 bits per heavy atom. The fraction of sp³-hybridized carbons (Fsp3) is 0.154. The molecule has 0 saturated carbocycles. The molecule has 0 aromatic heterocycles. The second-order valence-corrected chi connectivity index (χ2v) is 4.16. The summed E-state index contributed by atoms with van der Waals surface area (Å²) >= 11 is 1.25. The van der Waals surface area contributed by atoms with Crippen LogP contribution in [0, 0.1) is 11.8 Å². The normalized spacial score (nSPS) is 9.73. The minimum atomic E-state index is 0.810. The fourth-order valence-corrected chi connectivity index (χ4v) is 1.29. The molecule has 0 aliphatic heterocycles. The van der Waals surface area contributed by atoms with E-state index in [-0.39, 0.29) is 0 Å². The number of methoxy groups -OCH3 is 1. The van der Waals surface area contributed by atoms with Gasteiger partial charge in [-0.05, 0) is 0 Å². The van der Waals surface area contributed by atoms with Gasteiger partial charge in [0.15, 0.2) is 0 Å². The van der Waals surface area contributed by atoms with E-state index in [0.717, 1.165) is 15.2 Å². The Balaban J connectivity index is 3.02. The molecule has 15 heavy (non-hydrogen) atoms. The number of allylic oxidation sites excluding steroid dienone is 1. The Bertz CT molecular complexity index is 435. The average molecular weight is 368 g/mol. The second kappa shape index (κ2) is 6.51. The Morgan fingerprint density at radius 3 is 2.80 bits per heavy atom. The van der Waals surface area contributed by atoms with Crippen molar-refractivity contribution in [1.82, 2.24) is 0 Å². The SMILES string of the molecule is C/C=C/c1ccccc1C#C[C](=[W])OC. The van der Waals surface area contributed by atoms with Gasteiger partial charge in [0, 0.05) is 0 Å². The summed E-state index contributed by atoms with van der Waals surface area (Å²) in [6.07, 6.45) is 4.07. The van der Waals surface area contributed by atoms with Gasteiger partial charge in [-0.15, -0.1) is 0 Å². The number of ether oxygens (including phenoxy) is 1. The monoisotopic (exact) mass is 368 g/mol. The standard InChI is InChI=1S/C13H12O.W/c1-3-7-12-8-4-5-9-13(12)10-6-11-14-2;/h3-5,7-9H,1-2H3;/b7-3+;. The van der Waals surface area contributed by atoms with Gasteiger partial charge in [0.05, 0.1) is 0 Å². The van der Waals surface area contributed by atoms with Crippen LogP contribution in [0.2, 0.25) is 0 Å². The van der Waals surface area contributed by atoms with E-state index in [0.29, 0.717) is 0 Å². The predicted octanol–water partition coefficient (Wildman–Crippen LogP) is 2.39. The topological polar surface area (TPSA) is 9.23 Å². The molecule has 0 bridgehead atoms. The van der Waals surface area contributed by atoms with Gasteiger partial charge in [0.2, 0.25) is 0 Å². The summed E-state index contributed by atoms with van der Waals surface area (Å²) in [5.74, 6) is 6.10. The first-order chi connectivity index (χ1) is 7.27. The minimum absolute atomic E-state index is 0.810. The maximum absolute atomic E-state index is 5.03. The molecule has 0 fully saturated rings. The van der Waals surface area contributed by atoms with Crippen LogP contribution in [0.4, 0.5) is 0 Å². The van der Waals surface area contributed by atoms with Crippen molar-refractivity contribution in [3.63, 3.8) is 0 Å². The van der Waals surface area contributed by atoms with E-state index >= 15 is 0 Å². The van der Waals surface area contributed by atoms with E-state index in [1.807, 2.05) is 31.2 Å². The maximum atomic E-state index is 5.03. The molecule has 76 valence electrons. The third-order valence-corrected chi connectivity index (χ3v) is 2.76. The Labute approximate surface area is 102 Å². The van der Waals surface area contributed by atoms with Gasteiger partial charge in [-0.3, -0.25) is 0 Å². The first kappa shape index (κ1) is 12.1. The molecule has 0 atom stereocenters. The molecule has 1 aromatic carbocycles. The zero-order valence-corrected chi connectivity index (χ0v) is 11.7. The van der Waals surface area contributed by atoms with Crippen LogP contribution in [-0.4, -0.2) is 11.2 Å². The molecule has 0 amide bonds. The summed E-state index contributed by atoms with van der Waals surface area (Å²) in [5, 5.41) is 0. The quantitative estimate of drug-likeness (QED) is 0.729. The van der Waals surface area contributed by atoms with E-state index in [1.54, 1.807) is 7.11 Å². The molecule has 0 aliphatic rings. The molecule has 1 rings (SSSR count). The summed E-state index contributed by atoms with van der Waals surface area (Å²) in [7, 11) is 1.65. The van der Waals surface area contributed by atoms with Crippen LogP contribution >= 0.6 is 0 Å². The summed E-state index contributed by atoms with van der Waals surface area (Å²) in [6.45, 7) is 2.00. The molecule has 0 N–H and O–H groups in total. The van der Waals surface area contributed by atoms with Crippen molar-refractivity contribution in [2.45, 2.75) is 6.92 Å². The molecular weight excluding hydrogens is 356 g/mol. The summed E-state index contributed by atoms with van der Waals surface area (Å²) in [6, 6.07) is 8.07. The molecule has 1 nitrogen and oxygen atoms in total. The summed E-state index contributed by atoms with van der Waals surface area (Å²) in [4.78, 5) is 0. The number of hydrogen-bond acceptors (Lipinski definition) is 1. The Kier molecular flexibility index (Phi) is 5.25. The van der Waals surface area contributed by atoms with E-state index in [2.05, 4.69) is 24.0 Å². The molecule has 2 heteroatoms. The number of benzene rings is 1. The molecule has 0 saturated heterocycles. The van der Waals surface area contributed by atoms with Crippen molar-refractivity contribution < 1.29 is 24.1 Å². The molecule has 0 aliphatic carbocycles. The van der Waals surface area contributed by atoms with Crippen molar-refractivity contribution in [3.05, 3.63) is 41.5 Å². The first-order valence-corrected chi connectivity index (χ1v) is 6.06. The second-order valence-electron chi connectivity index (χ2n) is 2.83. The van der Waals surface area contributed by atoms with E-state index in [9.17, 15) is 0 Å². The molecule has 0 spiro atoms. The molecule has 0 heterocycles. The first-order valence-electron chi connectivity index (χ1n) is 4.59. The van der Waals surface area contributed by atoms with Crippen molar-refractivity contribution in [2.24, 2.45) is 0 Å².